The van der Waals surface area contributed by atoms with Crippen molar-refractivity contribution in [2.24, 2.45) is 17.6 Å². The van der Waals surface area contributed by atoms with E-state index in [1.165, 1.54) is 32.1 Å². The van der Waals surface area contributed by atoms with Gasteiger partial charge in [0, 0.05) is 18.0 Å². The predicted molar refractivity (Wildman–Crippen MR) is 74.1 cm³/mol. The Morgan fingerprint density at radius 2 is 1.56 bits per heavy atom. The van der Waals surface area contributed by atoms with E-state index in [0.29, 0.717) is 12.1 Å². The number of carbonyl (C=O) groups is 1. The molecular weight excluding hydrogens is 224 g/mol. The molecule has 0 spiro atoms. The van der Waals surface area contributed by atoms with Crippen LogP contribution in [0.3, 0.4) is 0 Å². The largest absolute Gasteiger partial charge is 0.369 e. The standard InChI is InChI=1S/C15H28N2O/c1-11-3-2-4-13(8-5-11)17-14-9-6-12(7-10-14)15(16)18/h11-14,17H,2-10H2,1H3,(H2,16,18). The van der Waals surface area contributed by atoms with Gasteiger partial charge in [0.05, 0.1) is 0 Å². The SMILES string of the molecule is CC1CCCC(NC2CCC(C(N)=O)CC2)CC1. The number of rotatable bonds is 3. The normalized spacial score (nSPS) is 38.1. The first-order valence-electron chi connectivity index (χ1n) is 7.70. The molecule has 2 unspecified atom stereocenters. The Balaban J connectivity index is 1.72. The maximum Gasteiger partial charge on any atom is 0.220 e. The van der Waals surface area contributed by atoms with E-state index in [0.717, 1.165) is 31.6 Å². The van der Waals surface area contributed by atoms with Gasteiger partial charge < -0.3 is 11.1 Å². The number of primary amides is 1. The van der Waals surface area contributed by atoms with Crippen molar-refractivity contribution in [2.75, 3.05) is 0 Å². The first-order chi connectivity index (χ1) is 8.65. The number of hydrogen-bond acceptors (Lipinski definition) is 2. The maximum atomic E-state index is 11.1. The van der Waals surface area contributed by atoms with Crippen molar-refractivity contribution in [3.63, 3.8) is 0 Å². The highest BCUT2D eigenvalue weighted by Gasteiger charge is 2.26. The number of carbonyl (C=O) groups excluding carboxylic acids is 1. The molecule has 0 heterocycles. The van der Waals surface area contributed by atoms with Crippen molar-refractivity contribution in [3.05, 3.63) is 0 Å². The summed E-state index contributed by atoms with van der Waals surface area (Å²) in [4.78, 5) is 11.1. The monoisotopic (exact) mass is 252 g/mol. The molecule has 3 nitrogen and oxygen atoms in total. The van der Waals surface area contributed by atoms with E-state index in [1.807, 2.05) is 0 Å². The summed E-state index contributed by atoms with van der Waals surface area (Å²) in [6.07, 6.45) is 11.0. The zero-order valence-corrected chi connectivity index (χ0v) is 11.7. The van der Waals surface area contributed by atoms with Crippen molar-refractivity contribution >= 4 is 5.91 Å². The summed E-state index contributed by atoms with van der Waals surface area (Å²) in [5.74, 6) is 0.941. The Morgan fingerprint density at radius 1 is 0.944 bits per heavy atom. The minimum Gasteiger partial charge on any atom is -0.369 e. The first kappa shape index (κ1) is 13.9. The molecule has 0 radical (unpaired) electrons. The fourth-order valence-electron chi connectivity index (χ4n) is 3.53. The molecule has 2 atom stereocenters. The molecule has 3 heteroatoms. The average Bonchev–Trinajstić information content (AvgIpc) is 2.55. The summed E-state index contributed by atoms with van der Waals surface area (Å²) >= 11 is 0. The van der Waals surface area contributed by atoms with E-state index in [-0.39, 0.29) is 11.8 Å². The average molecular weight is 252 g/mol. The van der Waals surface area contributed by atoms with Gasteiger partial charge >= 0.3 is 0 Å². The molecule has 0 aromatic heterocycles. The minimum absolute atomic E-state index is 0.100. The lowest BCUT2D eigenvalue weighted by Crippen LogP contribution is -2.41. The number of hydrogen-bond donors (Lipinski definition) is 2. The number of nitrogens with one attached hydrogen (secondary N) is 1. The van der Waals surface area contributed by atoms with Gasteiger partial charge in [-0.3, -0.25) is 4.79 Å². The van der Waals surface area contributed by atoms with Gasteiger partial charge in [0.25, 0.3) is 0 Å². The highest BCUT2D eigenvalue weighted by Crippen LogP contribution is 2.27. The van der Waals surface area contributed by atoms with Crippen LogP contribution in [0.2, 0.25) is 0 Å². The van der Waals surface area contributed by atoms with E-state index in [1.54, 1.807) is 0 Å². The lowest BCUT2D eigenvalue weighted by molar-refractivity contribution is -0.122. The third-order valence-electron chi connectivity index (χ3n) is 4.86. The molecule has 104 valence electrons. The second-order valence-corrected chi connectivity index (χ2v) is 6.43. The quantitative estimate of drug-likeness (QED) is 0.759. The molecular formula is C15H28N2O. The van der Waals surface area contributed by atoms with Gasteiger partial charge in [-0.25, -0.2) is 0 Å². The van der Waals surface area contributed by atoms with Gasteiger partial charge in [-0.15, -0.1) is 0 Å². The van der Waals surface area contributed by atoms with E-state index in [9.17, 15) is 4.79 Å². The molecule has 2 fully saturated rings. The van der Waals surface area contributed by atoms with Gasteiger partial charge in [0.15, 0.2) is 0 Å². The topological polar surface area (TPSA) is 55.1 Å². The Bertz CT molecular complexity index is 272. The lowest BCUT2D eigenvalue weighted by Gasteiger charge is -2.31. The molecule has 2 aliphatic carbocycles. The van der Waals surface area contributed by atoms with Gasteiger partial charge in [-0.05, 0) is 50.9 Å². The highest BCUT2D eigenvalue weighted by atomic mass is 16.1. The van der Waals surface area contributed by atoms with E-state index >= 15 is 0 Å². The summed E-state index contributed by atoms with van der Waals surface area (Å²) in [6.45, 7) is 2.38. The predicted octanol–water partition coefficient (Wildman–Crippen LogP) is 2.59. The Morgan fingerprint density at radius 3 is 2.22 bits per heavy atom. The smallest absolute Gasteiger partial charge is 0.220 e. The highest BCUT2D eigenvalue weighted by molar-refractivity contribution is 5.76. The molecule has 0 aliphatic heterocycles. The summed E-state index contributed by atoms with van der Waals surface area (Å²) in [5, 5.41) is 3.83. The van der Waals surface area contributed by atoms with Gasteiger partial charge in [-0.2, -0.15) is 0 Å². The first-order valence-corrected chi connectivity index (χ1v) is 7.70. The third kappa shape index (κ3) is 3.98. The number of nitrogens with two attached hydrogens (primary N) is 1. The molecule has 2 saturated carbocycles. The van der Waals surface area contributed by atoms with Crippen LogP contribution in [0.4, 0.5) is 0 Å². The van der Waals surface area contributed by atoms with Gasteiger partial charge in [0.2, 0.25) is 5.91 Å². The molecule has 0 saturated heterocycles. The van der Waals surface area contributed by atoms with Crippen LogP contribution in [-0.2, 0) is 4.79 Å². The Kier molecular flexibility index (Phi) is 5.04. The third-order valence-corrected chi connectivity index (χ3v) is 4.86. The van der Waals surface area contributed by atoms with Crippen LogP contribution < -0.4 is 11.1 Å². The Hall–Kier alpha value is -0.570. The van der Waals surface area contributed by atoms with E-state index < -0.39 is 0 Å². The van der Waals surface area contributed by atoms with Crippen molar-refractivity contribution in [3.8, 4) is 0 Å². The molecule has 1 amide bonds. The van der Waals surface area contributed by atoms with Crippen LogP contribution >= 0.6 is 0 Å². The zero-order valence-electron chi connectivity index (χ0n) is 11.7. The van der Waals surface area contributed by atoms with Crippen LogP contribution in [0.25, 0.3) is 0 Å². The van der Waals surface area contributed by atoms with Gasteiger partial charge in [-0.1, -0.05) is 19.8 Å². The number of amides is 1. The zero-order chi connectivity index (χ0) is 13.0. The van der Waals surface area contributed by atoms with E-state index in [2.05, 4.69) is 12.2 Å². The van der Waals surface area contributed by atoms with Crippen LogP contribution in [0.5, 0.6) is 0 Å². The maximum absolute atomic E-state index is 11.1. The summed E-state index contributed by atoms with van der Waals surface area (Å²) < 4.78 is 0. The minimum atomic E-state index is -0.100. The molecule has 0 aromatic rings. The summed E-state index contributed by atoms with van der Waals surface area (Å²) in [6, 6.07) is 1.34. The van der Waals surface area contributed by atoms with Gasteiger partial charge in [0.1, 0.15) is 0 Å². The fourth-order valence-corrected chi connectivity index (χ4v) is 3.53. The molecule has 0 bridgehead atoms. The summed E-state index contributed by atoms with van der Waals surface area (Å²) in [7, 11) is 0. The Labute approximate surface area is 111 Å². The van der Waals surface area contributed by atoms with Crippen LogP contribution in [-0.4, -0.2) is 18.0 Å². The molecule has 3 N–H and O–H groups in total. The van der Waals surface area contributed by atoms with Crippen molar-refractivity contribution in [2.45, 2.75) is 76.8 Å². The summed E-state index contributed by atoms with van der Waals surface area (Å²) in [5.41, 5.74) is 5.37. The molecule has 2 rings (SSSR count). The van der Waals surface area contributed by atoms with Crippen molar-refractivity contribution in [1.82, 2.24) is 5.32 Å². The second kappa shape index (κ2) is 6.55. The van der Waals surface area contributed by atoms with Crippen molar-refractivity contribution in [1.29, 1.82) is 0 Å². The second-order valence-electron chi connectivity index (χ2n) is 6.43. The van der Waals surface area contributed by atoms with Crippen LogP contribution in [0.1, 0.15) is 64.7 Å². The molecule has 18 heavy (non-hydrogen) atoms. The van der Waals surface area contributed by atoms with Crippen LogP contribution in [0, 0.1) is 11.8 Å². The van der Waals surface area contributed by atoms with Crippen LogP contribution in [0.15, 0.2) is 0 Å². The van der Waals surface area contributed by atoms with E-state index in [4.69, 9.17) is 5.73 Å². The van der Waals surface area contributed by atoms with Crippen molar-refractivity contribution < 1.29 is 4.79 Å². The lowest BCUT2D eigenvalue weighted by atomic mass is 9.85. The molecule has 0 aromatic carbocycles. The fraction of sp³-hybridized carbons (Fsp3) is 0.933. The molecule has 2 aliphatic rings.